The molecule has 0 aliphatic carbocycles. The summed E-state index contributed by atoms with van der Waals surface area (Å²) in [5.41, 5.74) is 5.84. The maximum Gasteiger partial charge on any atom is 0.254 e. The van der Waals surface area contributed by atoms with Gasteiger partial charge in [0.05, 0.1) is 11.3 Å². The highest BCUT2D eigenvalue weighted by molar-refractivity contribution is 5.96. The summed E-state index contributed by atoms with van der Waals surface area (Å²) >= 11 is 0. The molecule has 2 fully saturated rings. The Bertz CT molecular complexity index is 1380. The summed E-state index contributed by atoms with van der Waals surface area (Å²) in [5.74, 6) is 0.191. The monoisotopic (exact) mass is 526 g/mol. The lowest BCUT2D eigenvalue weighted by molar-refractivity contribution is 0.0766. The zero-order valence-electron chi connectivity index (χ0n) is 22.7. The van der Waals surface area contributed by atoms with Gasteiger partial charge in [0.15, 0.2) is 0 Å². The number of nitrogens with zero attached hydrogens (tertiary/aromatic N) is 6. The molecule has 202 valence electrons. The maximum atomic E-state index is 13.7. The molecule has 0 unspecified atom stereocenters. The number of hydrogen-bond acceptors (Lipinski definition) is 6. The van der Waals surface area contributed by atoms with E-state index in [4.69, 9.17) is 0 Å². The Kier molecular flexibility index (Phi) is 8.08. The van der Waals surface area contributed by atoms with E-state index in [1.807, 2.05) is 42.2 Å². The third kappa shape index (κ3) is 6.04. The second-order valence-corrected chi connectivity index (χ2v) is 10.4. The highest BCUT2D eigenvalue weighted by Gasteiger charge is 2.24. The molecule has 0 saturated carbocycles. The number of nitriles is 1. The molecule has 3 heterocycles. The van der Waals surface area contributed by atoms with Gasteiger partial charge in [-0.1, -0.05) is 24.3 Å². The van der Waals surface area contributed by atoms with Crippen LogP contribution in [0.1, 0.15) is 39.0 Å². The molecule has 5 rings (SSSR count). The number of benzene rings is 2. The molecule has 8 heteroatoms. The summed E-state index contributed by atoms with van der Waals surface area (Å²) in [6, 6.07) is 19.1. The topological polar surface area (TPSA) is 66.7 Å². The molecule has 0 atom stereocenters. The summed E-state index contributed by atoms with van der Waals surface area (Å²) in [5, 5.41) is 9.47. The molecule has 1 amide bonds. The summed E-state index contributed by atoms with van der Waals surface area (Å²) in [7, 11) is 0. The zero-order chi connectivity index (χ0) is 27.4. The number of amides is 1. The predicted octanol–water partition coefficient (Wildman–Crippen LogP) is 4.38. The minimum Gasteiger partial charge on any atom is -0.368 e. The van der Waals surface area contributed by atoms with Crippen molar-refractivity contribution in [2.75, 3.05) is 62.2 Å². The molecule has 2 aliphatic heterocycles. The van der Waals surface area contributed by atoms with Crippen LogP contribution in [0, 0.1) is 31.1 Å². The van der Waals surface area contributed by atoms with E-state index in [0.29, 0.717) is 31.0 Å². The van der Waals surface area contributed by atoms with Crippen molar-refractivity contribution in [3.63, 3.8) is 0 Å². The lowest BCUT2D eigenvalue weighted by Gasteiger charge is -2.36. The van der Waals surface area contributed by atoms with Crippen LogP contribution < -0.4 is 9.80 Å². The van der Waals surface area contributed by atoms with E-state index in [9.17, 15) is 14.4 Å². The number of para-hydroxylation sites is 1. The van der Waals surface area contributed by atoms with Gasteiger partial charge in [0.25, 0.3) is 5.91 Å². The summed E-state index contributed by atoms with van der Waals surface area (Å²) < 4.78 is 13.6. The largest absolute Gasteiger partial charge is 0.368 e. The molecule has 2 saturated heterocycles. The fraction of sp³-hybridized carbons (Fsp3) is 0.387. The predicted molar refractivity (Wildman–Crippen MR) is 151 cm³/mol. The standard InChI is InChI=1S/C31H35FN6O/c1-23-19-24(2)27(31(39)38-12-6-11-37(17-18-38)30-10-5-9-29(32)34-30)20-26(23)22-35-13-15-36(16-14-35)28-8-4-3-7-25(28)21-33/h3-5,7-10,19-20H,6,11-18,22H2,1-2H3. The second-order valence-electron chi connectivity index (χ2n) is 10.4. The third-order valence-corrected chi connectivity index (χ3v) is 7.85. The number of rotatable bonds is 5. The van der Waals surface area contributed by atoms with E-state index >= 15 is 0 Å². The summed E-state index contributed by atoms with van der Waals surface area (Å²) in [4.78, 5) is 26.4. The van der Waals surface area contributed by atoms with Crippen LogP contribution in [0.2, 0.25) is 0 Å². The molecule has 2 aromatic carbocycles. The fourth-order valence-corrected chi connectivity index (χ4v) is 5.62. The molecular formula is C31H35FN6O. The highest BCUT2D eigenvalue weighted by Crippen LogP contribution is 2.24. The molecule has 39 heavy (non-hydrogen) atoms. The molecule has 0 N–H and O–H groups in total. The smallest absolute Gasteiger partial charge is 0.254 e. The van der Waals surface area contributed by atoms with E-state index in [1.54, 1.807) is 6.07 Å². The Labute approximate surface area is 230 Å². The van der Waals surface area contributed by atoms with Crippen LogP contribution in [0.4, 0.5) is 15.9 Å². The van der Waals surface area contributed by atoms with Gasteiger partial charge in [-0.25, -0.2) is 4.98 Å². The van der Waals surface area contributed by atoms with Crippen LogP contribution in [-0.4, -0.2) is 73.0 Å². The van der Waals surface area contributed by atoms with Crippen molar-refractivity contribution < 1.29 is 9.18 Å². The van der Waals surface area contributed by atoms with Gasteiger partial charge >= 0.3 is 0 Å². The highest BCUT2D eigenvalue weighted by atomic mass is 19.1. The van der Waals surface area contributed by atoms with E-state index in [0.717, 1.165) is 62.5 Å². The van der Waals surface area contributed by atoms with Crippen molar-refractivity contribution >= 4 is 17.4 Å². The number of aromatic nitrogens is 1. The van der Waals surface area contributed by atoms with Crippen molar-refractivity contribution in [1.82, 2.24) is 14.8 Å². The Morgan fingerprint density at radius 3 is 2.44 bits per heavy atom. The van der Waals surface area contributed by atoms with Crippen molar-refractivity contribution in [2.45, 2.75) is 26.8 Å². The van der Waals surface area contributed by atoms with Crippen LogP contribution >= 0.6 is 0 Å². The van der Waals surface area contributed by atoms with Crippen molar-refractivity contribution in [3.8, 4) is 6.07 Å². The van der Waals surface area contributed by atoms with Gasteiger partial charge in [0.1, 0.15) is 11.9 Å². The van der Waals surface area contributed by atoms with Crippen LogP contribution in [-0.2, 0) is 6.54 Å². The first kappa shape index (κ1) is 26.6. The van der Waals surface area contributed by atoms with Crippen LogP contribution in [0.15, 0.2) is 54.6 Å². The minimum atomic E-state index is -0.485. The molecule has 0 radical (unpaired) electrons. The number of aryl methyl sites for hydroxylation is 2. The molecule has 7 nitrogen and oxygen atoms in total. The first-order valence-corrected chi connectivity index (χ1v) is 13.7. The zero-order valence-corrected chi connectivity index (χ0v) is 22.7. The van der Waals surface area contributed by atoms with E-state index in [-0.39, 0.29) is 5.91 Å². The normalized spacial score (nSPS) is 16.6. The van der Waals surface area contributed by atoms with Gasteiger partial charge in [-0.05, 0) is 67.3 Å². The van der Waals surface area contributed by atoms with Crippen LogP contribution in [0.25, 0.3) is 0 Å². The average molecular weight is 527 g/mol. The summed E-state index contributed by atoms with van der Waals surface area (Å²) in [6.45, 7) is 11.0. The van der Waals surface area contributed by atoms with E-state index < -0.39 is 5.95 Å². The Morgan fingerprint density at radius 1 is 0.897 bits per heavy atom. The Balaban J connectivity index is 1.24. The number of piperazine rings is 1. The number of pyridine rings is 1. The molecular weight excluding hydrogens is 491 g/mol. The third-order valence-electron chi connectivity index (χ3n) is 7.85. The van der Waals surface area contributed by atoms with E-state index in [1.165, 1.54) is 17.2 Å². The number of carbonyl (C=O) groups is 1. The number of halogens is 1. The molecule has 0 spiro atoms. The van der Waals surface area contributed by atoms with E-state index in [2.05, 4.69) is 44.8 Å². The van der Waals surface area contributed by atoms with Crippen molar-refractivity contribution in [3.05, 3.63) is 88.4 Å². The lowest BCUT2D eigenvalue weighted by Crippen LogP contribution is -2.46. The fourth-order valence-electron chi connectivity index (χ4n) is 5.62. The summed E-state index contributed by atoms with van der Waals surface area (Å²) in [6.07, 6.45) is 0.806. The SMILES string of the molecule is Cc1cc(C)c(C(=O)N2CCCN(c3cccc(F)n3)CC2)cc1CN1CCN(c2ccccc2C#N)CC1. The van der Waals surface area contributed by atoms with Gasteiger partial charge in [-0.2, -0.15) is 9.65 Å². The molecule has 0 bridgehead atoms. The van der Waals surface area contributed by atoms with Gasteiger partial charge in [-0.3, -0.25) is 9.69 Å². The van der Waals surface area contributed by atoms with Crippen LogP contribution in [0.3, 0.4) is 0 Å². The van der Waals surface area contributed by atoms with Crippen molar-refractivity contribution in [1.29, 1.82) is 5.26 Å². The second kappa shape index (κ2) is 11.8. The Morgan fingerprint density at radius 2 is 1.67 bits per heavy atom. The number of hydrogen-bond donors (Lipinski definition) is 0. The molecule has 2 aliphatic rings. The quantitative estimate of drug-likeness (QED) is 0.460. The minimum absolute atomic E-state index is 0.0562. The first-order valence-electron chi connectivity index (χ1n) is 13.7. The van der Waals surface area contributed by atoms with Gasteiger partial charge < -0.3 is 14.7 Å². The maximum absolute atomic E-state index is 13.7. The lowest BCUT2D eigenvalue weighted by atomic mass is 9.98. The number of anilines is 2. The van der Waals surface area contributed by atoms with Gasteiger partial charge in [0.2, 0.25) is 5.95 Å². The Hall–Kier alpha value is -3.96. The van der Waals surface area contributed by atoms with Crippen LogP contribution in [0.5, 0.6) is 0 Å². The van der Waals surface area contributed by atoms with Gasteiger partial charge in [-0.15, -0.1) is 0 Å². The first-order chi connectivity index (χ1) is 18.9. The number of carbonyl (C=O) groups excluding carboxylic acids is 1. The van der Waals surface area contributed by atoms with Gasteiger partial charge in [0, 0.05) is 64.5 Å². The average Bonchev–Trinajstić information content (AvgIpc) is 3.21. The molecule has 3 aromatic rings. The van der Waals surface area contributed by atoms with Crippen molar-refractivity contribution in [2.24, 2.45) is 0 Å². The molecule has 1 aromatic heterocycles.